The van der Waals surface area contributed by atoms with Crippen molar-refractivity contribution in [3.8, 4) is 17.2 Å². The highest BCUT2D eigenvalue weighted by molar-refractivity contribution is 9.10. The van der Waals surface area contributed by atoms with E-state index in [1.54, 1.807) is 32.2 Å². The predicted octanol–water partition coefficient (Wildman–Crippen LogP) is 4.77. The lowest BCUT2D eigenvalue weighted by Gasteiger charge is -2.05. The smallest absolute Gasteiger partial charge is 0.310 e. The van der Waals surface area contributed by atoms with E-state index in [0.29, 0.717) is 11.4 Å². The van der Waals surface area contributed by atoms with Gasteiger partial charge in [0.15, 0.2) is 0 Å². The number of carboxylic acid groups (broad SMARTS) is 1. The summed E-state index contributed by atoms with van der Waals surface area (Å²) in [6.45, 7) is 1.67. The molecule has 0 amide bonds. The SMILES string of the molecule is CC(C(=O)O)c1ccc(Br)cc1.COc1ccc(O)c(-n2nc3ccccc3n2)c1. The lowest BCUT2D eigenvalue weighted by atomic mass is 10.0. The van der Waals surface area contributed by atoms with Crippen molar-refractivity contribution in [1.82, 2.24) is 15.0 Å². The molecule has 1 unspecified atom stereocenters. The summed E-state index contributed by atoms with van der Waals surface area (Å²) < 4.78 is 6.09. The fraction of sp³-hybridized carbons (Fsp3) is 0.136. The first-order chi connectivity index (χ1) is 14.4. The first-order valence-electron chi connectivity index (χ1n) is 9.06. The van der Waals surface area contributed by atoms with Gasteiger partial charge >= 0.3 is 5.97 Å². The molecule has 4 rings (SSSR count). The van der Waals surface area contributed by atoms with Crippen LogP contribution in [0.1, 0.15) is 18.4 Å². The largest absolute Gasteiger partial charge is 0.506 e. The number of aromatic nitrogens is 3. The minimum Gasteiger partial charge on any atom is -0.506 e. The molecule has 0 aliphatic carbocycles. The maximum absolute atomic E-state index is 10.6. The monoisotopic (exact) mass is 469 g/mol. The Labute approximate surface area is 181 Å². The summed E-state index contributed by atoms with van der Waals surface area (Å²) in [5.74, 6) is -0.476. The third-order valence-corrected chi connectivity index (χ3v) is 4.95. The second kappa shape index (κ2) is 9.41. The Kier molecular flexibility index (Phi) is 6.68. The van der Waals surface area contributed by atoms with Crippen LogP contribution < -0.4 is 4.74 Å². The predicted molar refractivity (Wildman–Crippen MR) is 117 cm³/mol. The van der Waals surface area contributed by atoms with E-state index in [1.807, 2.05) is 48.5 Å². The molecule has 0 spiro atoms. The van der Waals surface area contributed by atoms with Crippen LogP contribution in [0, 0.1) is 0 Å². The summed E-state index contributed by atoms with van der Waals surface area (Å²) in [6.07, 6.45) is 0. The number of rotatable bonds is 4. The highest BCUT2D eigenvalue weighted by Gasteiger charge is 2.12. The summed E-state index contributed by atoms with van der Waals surface area (Å²) >= 11 is 3.28. The summed E-state index contributed by atoms with van der Waals surface area (Å²) in [6, 6.07) is 19.8. The van der Waals surface area contributed by atoms with E-state index < -0.39 is 11.9 Å². The fourth-order valence-electron chi connectivity index (χ4n) is 2.65. The van der Waals surface area contributed by atoms with Crippen molar-refractivity contribution in [1.29, 1.82) is 0 Å². The number of aliphatic carboxylic acids is 1. The quantitative estimate of drug-likeness (QED) is 0.446. The number of aromatic hydroxyl groups is 1. The first-order valence-corrected chi connectivity index (χ1v) is 9.86. The number of phenolic OH excluding ortho intramolecular Hbond substituents is 1. The van der Waals surface area contributed by atoms with Gasteiger partial charge in [-0.05, 0) is 48.9 Å². The molecule has 8 heteroatoms. The maximum Gasteiger partial charge on any atom is 0.310 e. The molecule has 0 radical (unpaired) electrons. The molecule has 0 bridgehead atoms. The second-order valence-electron chi connectivity index (χ2n) is 6.44. The van der Waals surface area contributed by atoms with Gasteiger partial charge in [0.2, 0.25) is 0 Å². The normalized spacial score (nSPS) is 11.4. The Balaban J connectivity index is 0.000000187. The zero-order chi connectivity index (χ0) is 21.7. The van der Waals surface area contributed by atoms with E-state index in [4.69, 9.17) is 9.84 Å². The number of hydrogen-bond donors (Lipinski definition) is 2. The van der Waals surface area contributed by atoms with Gasteiger partial charge in [-0.2, -0.15) is 0 Å². The molecular formula is C22H20BrN3O4. The number of nitrogens with zero attached hydrogens (tertiary/aromatic N) is 3. The van der Waals surface area contributed by atoms with Crippen molar-refractivity contribution in [2.75, 3.05) is 7.11 Å². The van der Waals surface area contributed by atoms with Gasteiger partial charge in [-0.15, -0.1) is 15.0 Å². The van der Waals surface area contributed by atoms with E-state index in [-0.39, 0.29) is 5.75 Å². The molecular weight excluding hydrogens is 450 g/mol. The molecule has 30 heavy (non-hydrogen) atoms. The van der Waals surface area contributed by atoms with Gasteiger partial charge in [-0.1, -0.05) is 40.2 Å². The third-order valence-electron chi connectivity index (χ3n) is 4.43. The Morgan fingerprint density at radius 2 is 1.63 bits per heavy atom. The number of carbonyl (C=O) groups is 1. The number of carboxylic acids is 1. The number of ether oxygens (including phenoxy) is 1. The summed E-state index contributed by atoms with van der Waals surface area (Å²) in [5, 5.41) is 27.2. The highest BCUT2D eigenvalue weighted by atomic mass is 79.9. The van der Waals surface area contributed by atoms with Gasteiger partial charge in [0.1, 0.15) is 28.2 Å². The van der Waals surface area contributed by atoms with Crippen molar-refractivity contribution >= 4 is 32.9 Å². The molecule has 154 valence electrons. The lowest BCUT2D eigenvalue weighted by Crippen LogP contribution is -2.06. The molecule has 0 aliphatic rings. The van der Waals surface area contributed by atoms with Crippen LogP contribution in [-0.2, 0) is 4.79 Å². The topological polar surface area (TPSA) is 97.5 Å². The molecule has 0 aliphatic heterocycles. The Morgan fingerprint density at radius 3 is 2.17 bits per heavy atom. The van der Waals surface area contributed by atoms with Crippen molar-refractivity contribution in [2.45, 2.75) is 12.8 Å². The van der Waals surface area contributed by atoms with E-state index >= 15 is 0 Å². The Bertz CT molecular complexity index is 1130. The molecule has 3 aromatic carbocycles. The van der Waals surface area contributed by atoms with Gasteiger partial charge in [-0.25, -0.2) is 0 Å². The summed E-state index contributed by atoms with van der Waals surface area (Å²) in [4.78, 5) is 12.0. The second-order valence-corrected chi connectivity index (χ2v) is 7.36. The summed E-state index contributed by atoms with van der Waals surface area (Å²) in [5.41, 5.74) is 2.87. The number of fused-ring (bicyclic) bond motifs is 1. The van der Waals surface area contributed by atoms with Crippen molar-refractivity contribution in [3.05, 3.63) is 76.8 Å². The number of halogens is 1. The fourth-order valence-corrected chi connectivity index (χ4v) is 2.92. The standard InChI is InChI=1S/C13H11N3O2.C9H9BrO2/c1-18-9-6-7-13(17)12(8-9)16-14-10-4-2-3-5-11(10)15-16;1-6(9(11)12)7-2-4-8(10)5-3-7/h2-8,17H,1H3;2-6H,1H3,(H,11,12). The van der Waals surface area contributed by atoms with Crippen molar-refractivity contribution < 1.29 is 19.7 Å². The molecule has 1 aromatic heterocycles. The minimum absolute atomic E-state index is 0.108. The van der Waals surface area contributed by atoms with E-state index in [2.05, 4.69) is 26.1 Å². The molecule has 1 atom stereocenters. The van der Waals surface area contributed by atoms with E-state index in [9.17, 15) is 9.90 Å². The van der Waals surface area contributed by atoms with Crippen LogP contribution in [0.15, 0.2) is 71.2 Å². The highest BCUT2D eigenvalue weighted by Crippen LogP contribution is 2.26. The average molecular weight is 470 g/mol. The molecule has 0 saturated heterocycles. The van der Waals surface area contributed by atoms with Crippen LogP contribution in [0.3, 0.4) is 0 Å². The van der Waals surface area contributed by atoms with Gasteiger partial charge in [0.25, 0.3) is 0 Å². The van der Waals surface area contributed by atoms with Gasteiger partial charge in [0.05, 0.1) is 13.0 Å². The third kappa shape index (κ3) is 4.96. The van der Waals surface area contributed by atoms with Crippen LogP contribution in [0.25, 0.3) is 16.7 Å². The van der Waals surface area contributed by atoms with Crippen LogP contribution in [-0.4, -0.2) is 38.3 Å². The average Bonchev–Trinajstić information content (AvgIpc) is 3.18. The molecule has 0 fully saturated rings. The molecule has 7 nitrogen and oxygen atoms in total. The van der Waals surface area contributed by atoms with Gasteiger partial charge in [0, 0.05) is 10.5 Å². The van der Waals surface area contributed by atoms with Crippen LogP contribution in [0.5, 0.6) is 11.5 Å². The lowest BCUT2D eigenvalue weighted by molar-refractivity contribution is -0.138. The van der Waals surface area contributed by atoms with Crippen LogP contribution in [0.4, 0.5) is 0 Å². The van der Waals surface area contributed by atoms with Gasteiger partial charge in [-0.3, -0.25) is 4.79 Å². The zero-order valence-electron chi connectivity index (χ0n) is 16.4. The number of phenols is 1. The van der Waals surface area contributed by atoms with E-state index in [1.165, 1.54) is 4.80 Å². The van der Waals surface area contributed by atoms with Crippen LogP contribution >= 0.6 is 15.9 Å². The Hall–Kier alpha value is -3.39. The number of benzene rings is 3. The molecule has 1 heterocycles. The zero-order valence-corrected chi connectivity index (χ0v) is 17.9. The summed E-state index contributed by atoms with van der Waals surface area (Å²) in [7, 11) is 1.57. The van der Waals surface area contributed by atoms with Crippen molar-refractivity contribution in [2.24, 2.45) is 0 Å². The van der Waals surface area contributed by atoms with Gasteiger partial charge < -0.3 is 14.9 Å². The number of hydrogen-bond acceptors (Lipinski definition) is 5. The van der Waals surface area contributed by atoms with Crippen molar-refractivity contribution in [3.63, 3.8) is 0 Å². The minimum atomic E-state index is -0.794. The number of methoxy groups -OCH3 is 1. The molecule has 2 N–H and O–H groups in total. The van der Waals surface area contributed by atoms with E-state index in [0.717, 1.165) is 21.1 Å². The first kappa shape index (κ1) is 21.3. The maximum atomic E-state index is 10.6. The van der Waals surface area contributed by atoms with Crippen LogP contribution in [0.2, 0.25) is 0 Å². The Morgan fingerprint density at radius 1 is 1.03 bits per heavy atom. The molecule has 4 aromatic rings. The molecule has 0 saturated carbocycles.